The van der Waals surface area contributed by atoms with Crippen molar-refractivity contribution in [3.8, 4) is 0 Å². The molecule has 0 aromatic carbocycles. The summed E-state index contributed by atoms with van der Waals surface area (Å²) < 4.78 is 5.05. The smallest absolute Gasteiger partial charge is 0.104 e. The molecule has 2 aromatic heterocycles. The van der Waals surface area contributed by atoms with E-state index in [1.807, 2.05) is 17.9 Å². The lowest BCUT2D eigenvalue weighted by Gasteiger charge is -2.02. The lowest BCUT2D eigenvalue weighted by atomic mass is 10.2. The van der Waals surface area contributed by atoms with Gasteiger partial charge in [0.25, 0.3) is 0 Å². The monoisotopic (exact) mass is 345 g/mol. The highest BCUT2D eigenvalue weighted by Gasteiger charge is 2.13. The molecule has 0 saturated heterocycles. The van der Waals surface area contributed by atoms with E-state index in [2.05, 4.69) is 51.8 Å². The van der Waals surface area contributed by atoms with E-state index in [1.54, 1.807) is 4.68 Å². The van der Waals surface area contributed by atoms with Gasteiger partial charge in [-0.1, -0.05) is 19.1 Å². The molecule has 92 valence electrons. The van der Waals surface area contributed by atoms with Crippen LogP contribution in [0.1, 0.15) is 30.9 Å². The lowest BCUT2D eigenvalue weighted by molar-refractivity contribution is 0.627. The summed E-state index contributed by atoms with van der Waals surface area (Å²) in [7, 11) is 1.88. The van der Waals surface area contributed by atoms with Crippen LogP contribution in [0.3, 0.4) is 0 Å². The molecular formula is C11H16IN5. The molecular weight excluding hydrogens is 329 g/mol. The van der Waals surface area contributed by atoms with E-state index in [4.69, 9.17) is 0 Å². The van der Waals surface area contributed by atoms with E-state index in [0.29, 0.717) is 6.54 Å². The number of nitrogens with zero attached hydrogens (tertiary/aromatic N) is 5. The fourth-order valence-corrected chi connectivity index (χ4v) is 2.99. The highest BCUT2D eigenvalue weighted by molar-refractivity contribution is 14.1. The van der Waals surface area contributed by atoms with Crippen molar-refractivity contribution in [3.63, 3.8) is 0 Å². The summed E-state index contributed by atoms with van der Waals surface area (Å²) in [5.74, 6) is 0. The Hall–Kier alpha value is -0.920. The lowest BCUT2D eigenvalue weighted by Crippen LogP contribution is -2.06. The number of hydrogen-bond acceptors (Lipinski definition) is 3. The van der Waals surface area contributed by atoms with Crippen LogP contribution in [0.2, 0.25) is 0 Å². The van der Waals surface area contributed by atoms with Gasteiger partial charge >= 0.3 is 0 Å². The normalized spacial score (nSPS) is 11.1. The average Bonchev–Trinajstić information content (AvgIpc) is 2.83. The molecule has 2 heterocycles. The van der Waals surface area contributed by atoms with E-state index in [1.165, 1.54) is 15.0 Å². The zero-order chi connectivity index (χ0) is 12.4. The fraction of sp³-hybridized carbons (Fsp3) is 0.545. The maximum absolute atomic E-state index is 4.64. The minimum Gasteiger partial charge on any atom is -0.262 e. The highest BCUT2D eigenvalue weighted by Crippen LogP contribution is 2.19. The van der Waals surface area contributed by atoms with E-state index in [0.717, 1.165) is 18.5 Å². The second-order valence-electron chi connectivity index (χ2n) is 3.96. The third-order valence-electron chi connectivity index (χ3n) is 2.69. The predicted octanol–water partition coefficient (Wildman–Crippen LogP) is 1.79. The largest absolute Gasteiger partial charge is 0.262 e. The van der Waals surface area contributed by atoms with Gasteiger partial charge in [-0.15, -0.1) is 5.10 Å². The van der Waals surface area contributed by atoms with Crippen LogP contribution in [0.25, 0.3) is 0 Å². The summed E-state index contributed by atoms with van der Waals surface area (Å²) in [6, 6.07) is 0. The third-order valence-corrected chi connectivity index (χ3v) is 3.94. The minimum atomic E-state index is 0.701. The van der Waals surface area contributed by atoms with Crippen molar-refractivity contribution in [2.45, 2.75) is 33.2 Å². The minimum absolute atomic E-state index is 0.701. The Morgan fingerprint density at radius 1 is 1.29 bits per heavy atom. The van der Waals surface area contributed by atoms with Crippen molar-refractivity contribution in [1.29, 1.82) is 0 Å². The molecule has 0 unspecified atom stereocenters. The van der Waals surface area contributed by atoms with Crippen LogP contribution in [0.5, 0.6) is 0 Å². The molecule has 0 aliphatic carbocycles. The molecule has 0 spiro atoms. The molecule has 2 aromatic rings. The van der Waals surface area contributed by atoms with E-state index in [-0.39, 0.29) is 0 Å². The van der Waals surface area contributed by atoms with Crippen molar-refractivity contribution >= 4 is 22.6 Å². The predicted molar refractivity (Wildman–Crippen MR) is 73.8 cm³/mol. The number of aryl methyl sites for hydroxylation is 2. The first-order valence-electron chi connectivity index (χ1n) is 5.74. The van der Waals surface area contributed by atoms with Crippen molar-refractivity contribution in [3.05, 3.63) is 26.8 Å². The van der Waals surface area contributed by atoms with Crippen molar-refractivity contribution in [2.75, 3.05) is 0 Å². The molecule has 6 heteroatoms. The molecule has 0 N–H and O–H groups in total. The number of hydrogen-bond donors (Lipinski definition) is 0. The second kappa shape index (κ2) is 5.16. The van der Waals surface area contributed by atoms with E-state index >= 15 is 0 Å². The van der Waals surface area contributed by atoms with Gasteiger partial charge in [-0.3, -0.25) is 9.36 Å². The molecule has 17 heavy (non-hydrogen) atoms. The van der Waals surface area contributed by atoms with Gasteiger partial charge in [0.2, 0.25) is 0 Å². The Morgan fingerprint density at radius 3 is 2.59 bits per heavy atom. The topological polar surface area (TPSA) is 48.5 Å². The van der Waals surface area contributed by atoms with Gasteiger partial charge in [-0.05, 0) is 35.4 Å². The number of rotatable bonds is 4. The summed E-state index contributed by atoms with van der Waals surface area (Å²) in [5.41, 5.74) is 3.41. The van der Waals surface area contributed by atoms with Crippen LogP contribution in [-0.2, 0) is 26.4 Å². The van der Waals surface area contributed by atoms with Crippen LogP contribution < -0.4 is 0 Å². The first-order valence-corrected chi connectivity index (χ1v) is 6.82. The molecule has 0 radical (unpaired) electrons. The van der Waals surface area contributed by atoms with Gasteiger partial charge in [0, 0.05) is 13.2 Å². The second-order valence-corrected chi connectivity index (χ2v) is 5.03. The maximum atomic E-state index is 4.64. The molecule has 0 aliphatic rings. The van der Waals surface area contributed by atoms with Crippen molar-refractivity contribution < 1.29 is 0 Å². The summed E-state index contributed by atoms with van der Waals surface area (Å²) >= 11 is 2.39. The first-order chi connectivity index (χ1) is 8.15. The van der Waals surface area contributed by atoms with Gasteiger partial charge in [0.15, 0.2) is 0 Å². The zero-order valence-corrected chi connectivity index (χ0v) is 12.5. The van der Waals surface area contributed by atoms with Crippen molar-refractivity contribution in [2.24, 2.45) is 7.05 Å². The van der Waals surface area contributed by atoms with Gasteiger partial charge in [-0.25, -0.2) is 0 Å². The molecule has 0 atom stereocenters. The van der Waals surface area contributed by atoms with E-state index < -0.39 is 0 Å². The summed E-state index contributed by atoms with van der Waals surface area (Å²) in [6.07, 6.45) is 3.89. The quantitative estimate of drug-likeness (QED) is 0.794. The maximum Gasteiger partial charge on any atom is 0.104 e. The average molecular weight is 345 g/mol. The van der Waals surface area contributed by atoms with Crippen LogP contribution in [0.15, 0.2) is 6.20 Å². The number of aromatic nitrogens is 5. The molecule has 0 saturated carbocycles. The van der Waals surface area contributed by atoms with Gasteiger partial charge in [-0.2, -0.15) is 5.10 Å². The molecule has 0 bridgehead atoms. The first kappa shape index (κ1) is 12.5. The van der Waals surface area contributed by atoms with Crippen LogP contribution in [-0.4, -0.2) is 24.8 Å². The molecule has 0 aliphatic heterocycles. The van der Waals surface area contributed by atoms with Crippen LogP contribution >= 0.6 is 22.6 Å². The Bertz CT molecular complexity index is 514. The summed E-state index contributed by atoms with van der Waals surface area (Å²) in [5, 5.41) is 12.7. The standard InChI is InChI=1S/C11H16IN5/c1-4-9-11(12)10(5-2)17(14-9)7-8-6-16(3)15-13-8/h6H,4-5,7H2,1-3H3. The third kappa shape index (κ3) is 2.51. The Balaban J connectivity index is 2.32. The summed E-state index contributed by atoms with van der Waals surface area (Å²) in [4.78, 5) is 0. The Morgan fingerprint density at radius 2 is 2.06 bits per heavy atom. The Labute approximate surface area is 114 Å². The zero-order valence-electron chi connectivity index (χ0n) is 10.3. The molecule has 5 nitrogen and oxygen atoms in total. The molecule has 0 amide bonds. The summed E-state index contributed by atoms with van der Waals surface area (Å²) in [6.45, 7) is 5.00. The van der Waals surface area contributed by atoms with E-state index in [9.17, 15) is 0 Å². The van der Waals surface area contributed by atoms with Crippen molar-refractivity contribution in [1.82, 2.24) is 24.8 Å². The van der Waals surface area contributed by atoms with Gasteiger partial charge < -0.3 is 0 Å². The van der Waals surface area contributed by atoms with Crippen LogP contribution in [0, 0.1) is 3.57 Å². The SMILES string of the molecule is CCc1nn(Cc2cn(C)nn2)c(CC)c1I. The Kier molecular flexibility index (Phi) is 3.80. The molecule has 2 rings (SSSR count). The van der Waals surface area contributed by atoms with Gasteiger partial charge in [0.1, 0.15) is 5.69 Å². The number of halogens is 1. The highest BCUT2D eigenvalue weighted by atomic mass is 127. The van der Waals surface area contributed by atoms with Crippen LogP contribution in [0.4, 0.5) is 0 Å². The molecule has 0 fully saturated rings. The van der Waals surface area contributed by atoms with Gasteiger partial charge in [0.05, 0.1) is 21.5 Å². The fourth-order valence-electron chi connectivity index (χ4n) is 1.85.